The van der Waals surface area contributed by atoms with Gasteiger partial charge in [0.2, 0.25) is 11.8 Å². The Morgan fingerprint density at radius 2 is 1.65 bits per heavy atom. The highest BCUT2D eigenvalue weighted by molar-refractivity contribution is 5.90. The van der Waals surface area contributed by atoms with Crippen LogP contribution in [-0.2, 0) is 23.9 Å². The molecule has 5 saturated heterocycles. The molecule has 2 bridgehead atoms. The number of rotatable bonds is 3. The molecule has 6 N–H and O–H groups in total. The molecule has 0 aromatic rings. The van der Waals surface area contributed by atoms with Crippen LogP contribution in [0, 0.1) is 0 Å². The summed E-state index contributed by atoms with van der Waals surface area (Å²) in [7, 11) is 0. The minimum atomic E-state index is -1.66. The van der Waals surface area contributed by atoms with Crippen molar-refractivity contribution in [3.05, 3.63) is 0 Å². The van der Waals surface area contributed by atoms with E-state index in [1.54, 1.807) is 4.90 Å². The molecule has 0 unspecified atom stereocenters. The number of carbonyl (C=O) groups is 3. The van der Waals surface area contributed by atoms with E-state index >= 15 is 0 Å². The van der Waals surface area contributed by atoms with Crippen molar-refractivity contribution in [2.24, 2.45) is 0 Å². The fourth-order valence-electron chi connectivity index (χ4n) is 6.92. The van der Waals surface area contributed by atoms with Crippen molar-refractivity contribution >= 4 is 17.7 Å². The van der Waals surface area contributed by atoms with Gasteiger partial charge >= 0.3 is 0 Å². The number of aliphatic hydroxyl groups is 3. The maximum Gasteiger partial charge on any atom is 0.252 e. The molecular formula is C27H45N5O8. The van der Waals surface area contributed by atoms with Gasteiger partial charge in [-0.2, -0.15) is 0 Å². The van der Waals surface area contributed by atoms with Gasteiger partial charge in [-0.25, -0.2) is 0 Å². The molecule has 0 radical (unpaired) electrons. The molecule has 1 spiro atoms. The fraction of sp³-hybridized carbons (Fsp3) is 0.889. The average molecular weight is 568 g/mol. The van der Waals surface area contributed by atoms with Crippen molar-refractivity contribution in [3.8, 4) is 0 Å². The Morgan fingerprint density at radius 1 is 0.950 bits per heavy atom. The standard InChI is InChI=1S/C27H45N5O8/c1-15(2)31-9-6-27(7-10-31)13-19(33)32-8-3-17(29-16-4-11-39-12-5-16)20(32)25(37)28-14-18-21(34)22(35)23(36)24(40-18)26(38)30-27/h15-18,20-24,29,34-36H,3-14H2,1-2H3,(H,28,37)(H,30,38)/t17-,18+,20+,21+,22-,23-,24+/m1/s1. The summed E-state index contributed by atoms with van der Waals surface area (Å²) in [5, 5.41) is 41.2. The fourth-order valence-corrected chi connectivity index (χ4v) is 6.92. The van der Waals surface area contributed by atoms with Crippen LogP contribution < -0.4 is 16.0 Å². The number of nitrogens with one attached hydrogen (secondary N) is 3. The molecule has 3 amide bonds. The van der Waals surface area contributed by atoms with Crippen LogP contribution >= 0.6 is 0 Å². The Kier molecular flexibility index (Phi) is 9.00. The van der Waals surface area contributed by atoms with Gasteiger partial charge in [0.15, 0.2) is 6.10 Å². The number of aliphatic hydroxyl groups excluding tert-OH is 3. The van der Waals surface area contributed by atoms with E-state index in [4.69, 9.17) is 9.47 Å². The van der Waals surface area contributed by atoms with Gasteiger partial charge in [-0.15, -0.1) is 0 Å². The van der Waals surface area contributed by atoms with Gasteiger partial charge < -0.3 is 50.5 Å². The van der Waals surface area contributed by atoms with Crippen LogP contribution in [0.1, 0.15) is 52.4 Å². The minimum Gasteiger partial charge on any atom is -0.388 e. The summed E-state index contributed by atoms with van der Waals surface area (Å²) in [5.41, 5.74) is -0.902. The van der Waals surface area contributed by atoms with Crippen molar-refractivity contribution in [1.29, 1.82) is 0 Å². The number of likely N-dealkylation sites (tertiary alicyclic amines) is 1. The van der Waals surface area contributed by atoms with Gasteiger partial charge in [0.1, 0.15) is 30.5 Å². The zero-order valence-corrected chi connectivity index (χ0v) is 23.5. The lowest BCUT2D eigenvalue weighted by Gasteiger charge is -2.45. The number of nitrogens with zero attached hydrogens (tertiary/aromatic N) is 2. The highest BCUT2D eigenvalue weighted by Crippen LogP contribution is 2.32. The molecule has 5 aliphatic rings. The van der Waals surface area contributed by atoms with Gasteiger partial charge in [-0.3, -0.25) is 14.4 Å². The van der Waals surface area contributed by atoms with E-state index in [-0.39, 0.29) is 36.9 Å². The quantitative estimate of drug-likeness (QED) is 0.213. The number of fused-ring (bicyclic) bond motifs is 3. The second-order valence-corrected chi connectivity index (χ2v) is 12.4. The second kappa shape index (κ2) is 12.2. The van der Waals surface area contributed by atoms with Gasteiger partial charge in [-0.1, -0.05) is 0 Å². The topological polar surface area (TPSA) is 173 Å². The maximum atomic E-state index is 13.9. The molecule has 13 heteroatoms. The highest BCUT2D eigenvalue weighted by atomic mass is 16.5. The summed E-state index contributed by atoms with van der Waals surface area (Å²) in [6.07, 6.45) is -4.10. The Hall–Kier alpha value is -1.87. The molecule has 0 aromatic heterocycles. The molecule has 5 rings (SSSR count). The van der Waals surface area contributed by atoms with Crippen LogP contribution in [0.5, 0.6) is 0 Å². The zero-order valence-electron chi connectivity index (χ0n) is 23.5. The monoisotopic (exact) mass is 567 g/mol. The summed E-state index contributed by atoms with van der Waals surface area (Å²) in [6, 6.07) is -0.546. The van der Waals surface area contributed by atoms with Gasteiger partial charge in [0, 0.05) is 57.5 Å². The summed E-state index contributed by atoms with van der Waals surface area (Å²) < 4.78 is 11.3. The van der Waals surface area contributed by atoms with E-state index in [0.29, 0.717) is 58.2 Å². The Morgan fingerprint density at radius 3 is 2.33 bits per heavy atom. The van der Waals surface area contributed by atoms with E-state index in [2.05, 4.69) is 34.7 Å². The van der Waals surface area contributed by atoms with Crippen LogP contribution in [0.15, 0.2) is 0 Å². The maximum absolute atomic E-state index is 13.9. The SMILES string of the molecule is CC(C)N1CCC2(CC1)CC(=O)N1CC[C@@H](NC3CCOCC3)[C@H]1C(=O)NC[C@@H]1O[C@H](C(=O)N2)[C@H](O)[C@H](O)[C@H]1O. The van der Waals surface area contributed by atoms with E-state index in [1.165, 1.54) is 0 Å². The van der Waals surface area contributed by atoms with Crippen LogP contribution in [-0.4, -0.2) is 142 Å². The molecule has 13 nitrogen and oxygen atoms in total. The lowest BCUT2D eigenvalue weighted by atomic mass is 9.82. The number of piperidine rings is 1. The summed E-state index contributed by atoms with van der Waals surface area (Å²) >= 11 is 0. The normalized spacial score (nSPS) is 38.3. The van der Waals surface area contributed by atoms with Crippen LogP contribution in [0.25, 0.3) is 0 Å². The zero-order chi connectivity index (χ0) is 28.6. The van der Waals surface area contributed by atoms with Gasteiger partial charge in [0.05, 0.1) is 12.0 Å². The summed E-state index contributed by atoms with van der Waals surface area (Å²) in [6.45, 7) is 7.04. The molecule has 5 aliphatic heterocycles. The van der Waals surface area contributed by atoms with Crippen LogP contribution in [0.3, 0.4) is 0 Å². The number of ether oxygens (including phenoxy) is 2. The van der Waals surface area contributed by atoms with Gasteiger partial charge in [0.25, 0.3) is 5.91 Å². The lowest BCUT2D eigenvalue weighted by molar-refractivity contribution is -0.220. The summed E-state index contributed by atoms with van der Waals surface area (Å²) in [5.74, 6) is -1.24. The Bertz CT molecular complexity index is 938. The number of hydrogen-bond donors (Lipinski definition) is 6. The largest absolute Gasteiger partial charge is 0.388 e. The number of amides is 3. The first-order valence-electron chi connectivity index (χ1n) is 14.8. The third-order valence-electron chi connectivity index (χ3n) is 9.47. The second-order valence-electron chi connectivity index (χ2n) is 12.4. The Labute approximate surface area is 234 Å². The van der Waals surface area contributed by atoms with Crippen molar-refractivity contribution in [3.63, 3.8) is 0 Å². The Balaban J connectivity index is 1.44. The first kappa shape index (κ1) is 29.6. The molecule has 0 aliphatic carbocycles. The van der Waals surface area contributed by atoms with Crippen LogP contribution in [0.4, 0.5) is 0 Å². The molecule has 40 heavy (non-hydrogen) atoms. The smallest absolute Gasteiger partial charge is 0.252 e. The third-order valence-corrected chi connectivity index (χ3v) is 9.47. The molecule has 0 aromatic carbocycles. The minimum absolute atomic E-state index is 0.00979. The predicted molar refractivity (Wildman–Crippen MR) is 142 cm³/mol. The van der Waals surface area contributed by atoms with Crippen LogP contribution in [0.2, 0.25) is 0 Å². The molecular weight excluding hydrogens is 522 g/mol. The van der Waals surface area contributed by atoms with Gasteiger partial charge in [-0.05, 0) is 46.0 Å². The predicted octanol–water partition coefficient (Wildman–Crippen LogP) is -2.55. The van der Waals surface area contributed by atoms with Crippen molar-refractivity contribution in [2.75, 3.05) is 39.4 Å². The summed E-state index contributed by atoms with van der Waals surface area (Å²) in [4.78, 5) is 45.0. The van der Waals surface area contributed by atoms with E-state index < -0.39 is 48.0 Å². The first-order chi connectivity index (χ1) is 19.1. The van der Waals surface area contributed by atoms with Crippen molar-refractivity contribution < 1.29 is 39.2 Å². The third kappa shape index (κ3) is 6.01. The number of hydrogen-bond acceptors (Lipinski definition) is 10. The first-order valence-corrected chi connectivity index (χ1v) is 14.8. The van der Waals surface area contributed by atoms with E-state index in [1.807, 2.05) is 0 Å². The molecule has 5 heterocycles. The van der Waals surface area contributed by atoms with E-state index in [0.717, 1.165) is 12.8 Å². The number of carbonyl (C=O) groups excluding carboxylic acids is 3. The van der Waals surface area contributed by atoms with Crippen molar-refractivity contribution in [1.82, 2.24) is 25.8 Å². The lowest BCUT2D eigenvalue weighted by Crippen LogP contribution is -2.66. The average Bonchev–Trinajstić information content (AvgIpc) is 3.35. The van der Waals surface area contributed by atoms with Crippen molar-refractivity contribution in [2.45, 2.75) is 113 Å². The molecule has 0 saturated carbocycles. The molecule has 226 valence electrons. The van der Waals surface area contributed by atoms with E-state index in [9.17, 15) is 29.7 Å². The molecule has 5 fully saturated rings. The molecule has 7 atom stereocenters. The highest BCUT2D eigenvalue weighted by Gasteiger charge is 2.51.